The van der Waals surface area contributed by atoms with E-state index in [1.54, 1.807) is 12.4 Å². The summed E-state index contributed by atoms with van der Waals surface area (Å²) in [5.41, 5.74) is 1.00. The van der Waals surface area contributed by atoms with Gasteiger partial charge in [-0.15, -0.1) is 0 Å². The Kier molecular flexibility index (Phi) is 3.35. The van der Waals surface area contributed by atoms with Crippen LogP contribution in [0.5, 0.6) is 0 Å². The molecule has 0 N–H and O–H groups in total. The van der Waals surface area contributed by atoms with Crippen LogP contribution in [0.2, 0.25) is 0 Å². The molecule has 2 aromatic heterocycles. The maximum atomic E-state index is 4.56. The molecule has 0 amide bonds. The third-order valence-electron chi connectivity index (χ3n) is 3.42. The largest absolute Gasteiger partial charge is 0.331 e. The van der Waals surface area contributed by atoms with E-state index in [1.807, 2.05) is 25.3 Å². The summed E-state index contributed by atoms with van der Waals surface area (Å²) in [4.78, 5) is 19.9. The maximum absolute atomic E-state index is 4.56. The second kappa shape index (κ2) is 5.30. The fourth-order valence-corrected chi connectivity index (χ4v) is 2.51. The van der Waals surface area contributed by atoms with Gasteiger partial charge in [-0.25, -0.2) is 19.9 Å². The molecule has 1 aliphatic heterocycles. The zero-order valence-corrected chi connectivity index (χ0v) is 11.0. The summed E-state index contributed by atoms with van der Waals surface area (Å²) in [5.74, 6) is 1.66. The number of aromatic nitrogens is 4. The van der Waals surface area contributed by atoms with Crippen LogP contribution < -0.4 is 4.90 Å². The molecule has 98 valence electrons. The Morgan fingerprint density at radius 2 is 1.95 bits per heavy atom. The quantitative estimate of drug-likeness (QED) is 0.824. The third kappa shape index (κ3) is 2.54. The molecule has 0 spiro atoms. The maximum Gasteiger partial charge on any atom is 0.225 e. The summed E-state index contributed by atoms with van der Waals surface area (Å²) in [5, 5.41) is 0. The lowest BCUT2D eigenvalue weighted by atomic mass is 10.0. The van der Waals surface area contributed by atoms with Crippen molar-refractivity contribution >= 4 is 5.95 Å². The van der Waals surface area contributed by atoms with Gasteiger partial charge in [0.05, 0.1) is 6.04 Å². The number of hydrogen-bond acceptors (Lipinski definition) is 5. The van der Waals surface area contributed by atoms with Crippen molar-refractivity contribution in [3.05, 3.63) is 42.2 Å². The lowest BCUT2D eigenvalue weighted by molar-refractivity contribution is 0.448. The molecule has 1 saturated heterocycles. The molecule has 19 heavy (non-hydrogen) atoms. The Morgan fingerprint density at radius 3 is 2.74 bits per heavy atom. The van der Waals surface area contributed by atoms with Crippen molar-refractivity contribution in [1.29, 1.82) is 0 Å². The van der Waals surface area contributed by atoms with E-state index in [4.69, 9.17) is 0 Å². The van der Waals surface area contributed by atoms with Gasteiger partial charge in [-0.3, -0.25) is 0 Å². The van der Waals surface area contributed by atoms with Crippen LogP contribution in [0, 0.1) is 6.92 Å². The Bertz CT molecular complexity index is 543. The Morgan fingerprint density at radius 1 is 1.11 bits per heavy atom. The average Bonchev–Trinajstić information content (AvgIpc) is 2.48. The first-order valence-corrected chi connectivity index (χ1v) is 6.68. The van der Waals surface area contributed by atoms with Gasteiger partial charge in [0.1, 0.15) is 0 Å². The van der Waals surface area contributed by atoms with E-state index in [0.717, 1.165) is 30.4 Å². The highest BCUT2D eigenvalue weighted by molar-refractivity contribution is 5.33. The molecule has 5 nitrogen and oxygen atoms in total. The lowest BCUT2D eigenvalue weighted by Crippen LogP contribution is -2.35. The highest BCUT2D eigenvalue weighted by atomic mass is 15.3. The molecule has 1 fully saturated rings. The zero-order chi connectivity index (χ0) is 13.1. The molecule has 2 aromatic rings. The molecular weight excluding hydrogens is 238 g/mol. The number of aryl methyl sites for hydroxylation is 1. The van der Waals surface area contributed by atoms with Crippen LogP contribution in [-0.2, 0) is 0 Å². The minimum Gasteiger partial charge on any atom is -0.331 e. The van der Waals surface area contributed by atoms with Gasteiger partial charge in [0, 0.05) is 30.8 Å². The molecule has 0 radical (unpaired) electrons. The number of nitrogens with zero attached hydrogens (tertiary/aromatic N) is 5. The average molecular weight is 255 g/mol. The molecule has 5 heteroatoms. The topological polar surface area (TPSA) is 54.8 Å². The van der Waals surface area contributed by atoms with Gasteiger partial charge in [0.25, 0.3) is 0 Å². The minimum absolute atomic E-state index is 0.191. The second-order valence-corrected chi connectivity index (χ2v) is 4.81. The van der Waals surface area contributed by atoms with Crippen molar-refractivity contribution in [3.63, 3.8) is 0 Å². The molecule has 3 heterocycles. The summed E-state index contributed by atoms with van der Waals surface area (Å²) in [6.07, 6.45) is 8.82. The van der Waals surface area contributed by atoms with Crippen LogP contribution in [0.3, 0.4) is 0 Å². The van der Waals surface area contributed by atoms with E-state index in [-0.39, 0.29) is 6.04 Å². The molecule has 0 saturated carbocycles. The van der Waals surface area contributed by atoms with Gasteiger partial charge in [-0.1, -0.05) is 0 Å². The zero-order valence-electron chi connectivity index (χ0n) is 11.0. The highest BCUT2D eigenvalue weighted by Gasteiger charge is 2.27. The lowest BCUT2D eigenvalue weighted by Gasteiger charge is -2.34. The van der Waals surface area contributed by atoms with Crippen LogP contribution in [-0.4, -0.2) is 26.5 Å². The van der Waals surface area contributed by atoms with Crippen molar-refractivity contribution < 1.29 is 0 Å². The van der Waals surface area contributed by atoms with E-state index < -0.39 is 0 Å². The summed E-state index contributed by atoms with van der Waals surface area (Å²) < 4.78 is 0. The number of rotatable bonds is 2. The first-order valence-electron chi connectivity index (χ1n) is 6.68. The molecule has 1 atom stereocenters. The number of hydrogen-bond donors (Lipinski definition) is 0. The standard InChI is InChI=1S/C14H17N5/c1-11-6-9-15-13(18-11)12-5-2-3-10-19(12)14-16-7-4-8-17-14/h4,6-9,12H,2-3,5,10H2,1H3. The Hall–Kier alpha value is -2.04. The molecule has 0 aliphatic carbocycles. The van der Waals surface area contributed by atoms with Gasteiger partial charge >= 0.3 is 0 Å². The molecule has 0 bridgehead atoms. The summed E-state index contributed by atoms with van der Waals surface area (Å²) in [7, 11) is 0. The van der Waals surface area contributed by atoms with E-state index in [1.165, 1.54) is 12.8 Å². The normalized spacial score (nSPS) is 19.4. The molecule has 0 aromatic carbocycles. The van der Waals surface area contributed by atoms with Crippen LogP contribution in [0.4, 0.5) is 5.95 Å². The van der Waals surface area contributed by atoms with Gasteiger partial charge < -0.3 is 4.90 Å². The highest BCUT2D eigenvalue weighted by Crippen LogP contribution is 2.31. The smallest absolute Gasteiger partial charge is 0.225 e. The van der Waals surface area contributed by atoms with Crippen molar-refractivity contribution in [1.82, 2.24) is 19.9 Å². The van der Waals surface area contributed by atoms with E-state index >= 15 is 0 Å². The molecule has 1 aliphatic rings. The first-order chi connectivity index (χ1) is 9.34. The van der Waals surface area contributed by atoms with Crippen LogP contribution >= 0.6 is 0 Å². The number of piperidine rings is 1. The van der Waals surface area contributed by atoms with Crippen LogP contribution in [0.15, 0.2) is 30.7 Å². The second-order valence-electron chi connectivity index (χ2n) is 4.81. The Labute approximate surface area is 112 Å². The monoisotopic (exact) mass is 255 g/mol. The number of anilines is 1. The van der Waals surface area contributed by atoms with Crippen molar-refractivity contribution in [3.8, 4) is 0 Å². The predicted octanol–water partition coefficient (Wildman–Crippen LogP) is 2.31. The molecule has 3 rings (SSSR count). The third-order valence-corrected chi connectivity index (χ3v) is 3.42. The van der Waals surface area contributed by atoms with Crippen molar-refractivity contribution in [2.45, 2.75) is 32.2 Å². The van der Waals surface area contributed by atoms with E-state index in [2.05, 4.69) is 24.8 Å². The van der Waals surface area contributed by atoms with Crippen LogP contribution in [0.1, 0.15) is 36.8 Å². The molecular formula is C14H17N5. The summed E-state index contributed by atoms with van der Waals surface area (Å²) in [6.45, 7) is 2.96. The van der Waals surface area contributed by atoms with Gasteiger partial charge in [0.15, 0.2) is 5.82 Å². The van der Waals surface area contributed by atoms with Crippen molar-refractivity contribution in [2.24, 2.45) is 0 Å². The van der Waals surface area contributed by atoms with Gasteiger partial charge in [-0.2, -0.15) is 0 Å². The summed E-state index contributed by atoms with van der Waals surface area (Å²) in [6, 6.07) is 3.96. The van der Waals surface area contributed by atoms with Gasteiger partial charge in [0.2, 0.25) is 5.95 Å². The summed E-state index contributed by atoms with van der Waals surface area (Å²) >= 11 is 0. The predicted molar refractivity (Wildman–Crippen MR) is 72.7 cm³/mol. The van der Waals surface area contributed by atoms with Gasteiger partial charge in [-0.05, 0) is 38.3 Å². The molecule has 1 unspecified atom stereocenters. The fraction of sp³-hybridized carbons (Fsp3) is 0.429. The van der Waals surface area contributed by atoms with E-state index in [9.17, 15) is 0 Å². The first kappa shape index (κ1) is 12.0. The SMILES string of the molecule is Cc1ccnc(C2CCCCN2c2ncccn2)n1. The minimum atomic E-state index is 0.191. The van der Waals surface area contributed by atoms with E-state index in [0.29, 0.717) is 0 Å². The Balaban J connectivity index is 1.93. The fourth-order valence-electron chi connectivity index (χ4n) is 2.51. The van der Waals surface area contributed by atoms with Crippen molar-refractivity contribution in [2.75, 3.05) is 11.4 Å². The van der Waals surface area contributed by atoms with Crippen LogP contribution in [0.25, 0.3) is 0 Å².